The Balaban J connectivity index is 1.72. The van der Waals surface area contributed by atoms with Crippen LogP contribution in [0.3, 0.4) is 0 Å². The van der Waals surface area contributed by atoms with Crippen molar-refractivity contribution in [3.05, 3.63) is 20.8 Å². The average molecular weight is 343 g/mol. The largest absolute Gasteiger partial charge is 0.375 e. The molecule has 2 heterocycles. The number of halogens is 1. The third kappa shape index (κ3) is 2.96. The van der Waals surface area contributed by atoms with E-state index >= 15 is 0 Å². The van der Waals surface area contributed by atoms with Crippen LogP contribution in [0.25, 0.3) is 0 Å². The smallest absolute Gasteiger partial charge is 0.167 e. The molecular formula is C15H19BrO2S. The van der Waals surface area contributed by atoms with Gasteiger partial charge in [0.15, 0.2) is 5.78 Å². The molecule has 1 aromatic rings. The lowest BCUT2D eigenvalue weighted by Crippen LogP contribution is -2.43. The molecule has 1 saturated carbocycles. The van der Waals surface area contributed by atoms with Crippen molar-refractivity contribution in [2.75, 3.05) is 6.61 Å². The molecule has 1 aliphatic heterocycles. The van der Waals surface area contributed by atoms with E-state index in [1.54, 1.807) is 11.3 Å². The molecule has 19 heavy (non-hydrogen) atoms. The predicted octanol–water partition coefficient (Wildman–Crippen LogP) is 4.82. The lowest BCUT2D eigenvalue weighted by molar-refractivity contribution is -0.111. The van der Waals surface area contributed by atoms with E-state index in [1.807, 2.05) is 11.4 Å². The van der Waals surface area contributed by atoms with Crippen molar-refractivity contribution < 1.29 is 9.53 Å². The molecule has 1 aliphatic carbocycles. The van der Waals surface area contributed by atoms with Gasteiger partial charge in [-0.3, -0.25) is 4.79 Å². The zero-order chi connectivity index (χ0) is 13.3. The van der Waals surface area contributed by atoms with Crippen LogP contribution in [-0.2, 0) is 4.74 Å². The zero-order valence-electron chi connectivity index (χ0n) is 11.0. The van der Waals surface area contributed by atoms with Crippen LogP contribution in [0, 0.1) is 5.92 Å². The summed E-state index contributed by atoms with van der Waals surface area (Å²) in [6.07, 6.45) is 7.93. The second-order valence-electron chi connectivity index (χ2n) is 5.79. The lowest BCUT2D eigenvalue weighted by atomic mass is 9.74. The van der Waals surface area contributed by atoms with E-state index in [-0.39, 0.29) is 11.5 Å². The van der Waals surface area contributed by atoms with E-state index in [9.17, 15) is 4.79 Å². The summed E-state index contributed by atoms with van der Waals surface area (Å²) in [4.78, 5) is 12.6. The average Bonchev–Trinajstić information content (AvgIpc) is 2.85. The summed E-state index contributed by atoms with van der Waals surface area (Å²) in [5.41, 5.74) is 0.888. The number of Topliss-reactive ketones (excluding diaryl/α,β-unsaturated/α-hetero) is 1. The van der Waals surface area contributed by atoms with Gasteiger partial charge in [-0.25, -0.2) is 0 Å². The first-order valence-corrected chi connectivity index (χ1v) is 8.78. The molecule has 0 amide bonds. The van der Waals surface area contributed by atoms with Crippen LogP contribution >= 0.6 is 27.3 Å². The molecule has 0 N–H and O–H groups in total. The third-order valence-electron chi connectivity index (χ3n) is 4.48. The van der Waals surface area contributed by atoms with Crippen LogP contribution < -0.4 is 0 Å². The Bertz CT molecular complexity index is 457. The number of carbonyl (C=O) groups excluding carboxylic acids is 1. The van der Waals surface area contributed by atoms with Crippen LogP contribution in [0.4, 0.5) is 0 Å². The summed E-state index contributed by atoms with van der Waals surface area (Å²) in [7, 11) is 0. The van der Waals surface area contributed by atoms with Crippen molar-refractivity contribution in [2.24, 2.45) is 5.92 Å². The van der Waals surface area contributed by atoms with Crippen molar-refractivity contribution in [1.82, 2.24) is 0 Å². The number of hydrogen-bond acceptors (Lipinski definition) is 3. The van der Waals surface area contributed by atoms with Gasteiger partial charge in [0.1, 0.15) is 0 Å². The molecule has 0 aromatic carbocycles. The first kappa shape index (κ1) is 13.8. The molecule has 1 atom stereocenters. The molecule has 1 saturated heterocycles. The van der Waals surface area contributed by atoms with Crippen LogP contribution in [0.15, 0.2) is 15.2 Å². The summed E-state index contributed by atoms with van der Waals surface area (Å²) < 4.78 is 7.11. The van der Waals surface area contributed by atoms with Crippen LogP contribution in [0.5, 0.6) is 0 Å². The summed E-state index contributed by atoms with van der Waals surface area (Å²) in [5.74, 6) is 0.476. The number of carbonyl (C=O) groups is 1. The molecule has 1 spiro atoms. The fraction of sp³-hybridized carbons (Fsp3) is 0.667. The fourth-order valence-corrected chi connectivity index (χ4v) is 4.62. The second-order valence-corrected chi connectivity index (χ2v) is 8.08. The van der Waals surface area contributed by atoms with E-state index < -0.39 is 0 Å². The molecular weight excluding hydrogens is 324 g/mol. The molecule has 1 aromatic heterocycles. The van der Waals surface area contributed by atoms with E-state index in [1.165, 1.54) is 19.3 Å². The molecule has 2 fully saturated rings. The molecule has 4 heteroatoms. The normalized spacial score (nSPS) is 26.5. The first-order valence-electron chi connectivity index (χ1n) is 7.11. The third-order valence-corrected chi connectivity index (χ3v) is 5.98. The first-order chi connectivity index (χ1) is 9.19. The number of hydrogen-bond donors (Lipinski definition) is 0. The lowest BCUT2D eigenvalue weighted by Gasteiger charge is -2.43. The number of ketones is 1. The maximum absolute atomic E-state index is 12.6. The zero-order valence-corrected chi connectivity index (χ0v) is 13.4. The Kier molecular flexibility index (Phi) is 4.11. The molecule has 0 bridgehead atoms. The maximum Gasteiger partial charge on any atom is 0.167 e. The monoisotopic (exact) mass is 342 g/mol. The van der Waals surface area contributed by atoms with Gasteiger partial charge in [-0.05, 0) is 47.7 Å². The van der Waals surface area contributed by atoms with Gasteiger partial charge in [-0.2, -0.15) is 0 Å². The van der Waals surface area contributed by atoms with Gasteiger partial charge in [0.05, 0.1) is 9.39 Å². The van der Waals surface area contributed by atoms with Gasteiger partial charge in [-0.15, -0.1) is 11.3 Å². The minimum atomic E-state index is 0.0179. The predicted molar refractivity (Wildman–Crippen MR) is 80.8 cm³/mol. The van der Waals surface area contributed by atoms with Crippen molar-refractivity contribution in [3.63, 3.8) is 0 Å². The quantitative estimate of drug-likeness (QED) is 0.720. The van der Waals surface area contributed by atoms with Crippen molar-refractivity contribution >= 4 is 33.0 Å². The highest BCUT2D eigenvalue weighted by Crippen LogP contribution is 2.41. The van der Waals surface area contributed by atoms with E-state index in [0.717, 1.165) is 41.6 Å². The SMILES string of the molecule is O=C(c1csc(Br)c1)C1CCOC2(CCCCC2)C1. The number of thiophene rings is 1. The maximum atomic E-state index is 12.6. The van der Waals surface area contributed by atoms with Crippen molar-refractivity contribution in [1.29, 1.82) is 0 Å². The highest BCUT2D eigenvalue weighted by molar-refractivity contribution is 9.11. The molecule has 104 valence electrons. The molecule has 2 nitrogen and oxygen atoms in total. The van der Waals surface area contributed by atoms with Crippen molar-refractivity contribution in [2.45, 2.75) is 50.5 Å². The molecule has 3 rings (SSSR count). The number of ether oxygens (including phenoxy) is 1. The van der Waals surface area contributed by atoms with Gasteiger partial charge < -0.3 is 4.74 Å². The Morgan fingerprint density at radius 2 is 2.16 bits per heavy atom. The second kappa shape index (κ2) is 5.66. The summed E-state index contributed by atoms with van der Waals surface area (Å²) in [6.45, 7) is 0.752. The Morgan fingerprint density at radius 3 is 2.84 bits per heavy atom. The highest BCUT2D eigenvalue weighted by atomic mass is 79.9. The van der Waals surface area contributed by atoms with Crippen LogP contribution in [0.2, 0.25) is 0 Å². The minimum Gasteiger partial charge on any atom is -0.375 e. The van der Waals surface area contributed by atoms with Gasteiger partial charge in [0.25, 0.3) is 0 Å². The van der Waals surface area contributed by atoms with Gasteiger partial charge >= 0.3 is 0 Å². The Labute approximate surface area is 126 Å². The highest BCUT2D eigenvalue weighted by Gasteiger charge is 2.40. The van der Waals surface area contributed by atoms with E-state index in [2.05, 4.69) is 15.9 Å². The van der Waals surface area contributed by atoms with E-state index in [0.29, 0.717) is 5.78 Å². The fourth-order valence-electron chi connectivity index (χ4n) is 3.47. The number of rotatable bonds is 2. The Hall–Kier alpha value is -0.190. The van der Waals surface area contributed by atoms with Crippen molar-refractivity contribution in [3.8, 4) is 0 Å². The molecule has 2 aliphatic rings. The molecule has 1 unspecified atom stereocenters. The molecule has 0 radical (unpaired) electrons. The van der Waals surface area contributed by atoms with E-state index in [4.69, 9.17) is 4.74 Å². The topological polar surface area (TPSA) is 26.3 Å². The van der Waals surface area contributed by atoms with Gasteiger partial charge in [0.2, 0.25) is 0 Å². The minimum absolute atomic E-state index is 0.0179. The van der Waals surface area contributed by atoms with Crippen LogP contribution in [0.1, 0.15) is 55.3 Å². The summed E-state index contributed by atoms with van der Waals surface area (Å²) >= 11 is 5.02. The Morgan fingerprint density at radius 1 is 1.37 bits per heavy atom. The van der Waals surface area contributed by atoms with Crippen LogP contribution in [-0.4, -0.2) is 18.0 Å². The summed E-state index contributed by atoms with van der Waals surface area (Å²) in [6, 6.07) is 1.95. The standard InChI is InChI=1S/C15H19BrO2S/c16-13-8-12(10-19-13)14(17)11-4-7-18-15(9-11)5-2-1-3-6-15/h8,10-11H,1-7,9H2. The van der Waals surface area contributed by atoms with Gasteiger partial charge in [-0.1, -0.05) is 19.3 Å². The summed E-state index contributed by atoms with van der Waals surface area (Å²) in [5, 5.41) is 1.97. The van der Waals surface area contributed by atoms with Gasteiger partial charge in [0, 0.05) is 23.5 Å².